The van der Waals surface area contributed by atoms with E-state index < -0.39 is 0 Å². The molecule has 1 aliphatic heterocycles. The molecule has 2 heterocycles. The maximum absolute atomic E-state index is 5.56. The lowest BCUT2D eigenvalue weighted by atomic mass is 10.1. The summed E-state index contributed by atoms with van der Waals surface area (Å²) in [5.41, 5.74) is 6.43. The van der Waals surface area contributed by atoms with Crippen LogP contribution in [0.5, 0.6) is 5.75 Å². The Balaban J connectivity index is 1.72. The molecule has 0 unspecified atom stereocenters. The number of rotatable bonds is 5. The van der Waals surface area contributed by atoms with E-state index in [2.05, 4.69) is 47.1 Å². The van der Waals surface area contributed by atoms with Gasteiger partial charge in [0.2, 0.25) is 0 Å². The van der Waals surface area contributed by atoms with Crippen LogP contribution < -0.4 is 10.1 Å². The fourth-order valence-corrected chi connectivity index (χ4v) is 3.01. The summed E-state index contributed by atoms with van der Waals surface area (Å²) in [5.74, 6) is 1.06. The van der Waals surface area contributed by atoms with Crippen LogP contribution in [0, 0.1) is 13.8 Å². The van der Waals surface area contributed by atoms with Crippen molar-refractivity contribution >= 4 is 0 Å². The summed E-state index contributed by atoms with van der Waals surface area (Å²) < 4.78 is 7.69. The zero-order valence-corrected chi connectivity index (χ0v) is 13.1. The van der Waals surface area contributed by atoms with Crippen molar-refractivity contribution in [3.8, 4) is 5.75 Å². The van der Waals surface area contributed by atoms with Crippen LogP contribution in [0.4, 0.5) is 0 Å². The van der Waals surface area contributed by atoms with Crippen molar-refractivity contribution in [1.29, 1.82) is 0 Å². The minimum Gasteiger partial charge on any atom is -0.493 e. The van der Waals surface area contributed by atoms with Crippen LogP contribution in [-0.4, -0.2) is 23.4 Å². The molecule has 112 valence electrons. The number of nitrogens with zero attached hydrogens (tertiary/aromatic N) is 2. The predicted octanol–water partition coefficient (Wildman–Crippen LogP) is 2.40. The molecule has 3 rings (SSSR count). The first-order valence-corrected chi connectivity index (χ1v) is 7.61. The third-order valence-corrected chi connectivity index (χ3v) is 4.25. The lowest BCUT2D eigenvalue weighted by molar-refractivity contribution is 0.357. The van der Waals surface area contributed by atoms with Crippen LogP contribution >= 0.6 is 0 Å². The standard InChI is InChI=1S/C17H23N3O/c1-12-16(11-18-3)13(2)20(19-12)8-6-14-4-5-17-15(10-14)7-9-21-17/h4-5,10,18H,6-9,11H2,1-3H3. The normalized spacial score (nSPS) is 13.3. The molecule has 0 aliphatic carbocycles. The van der Waals surface area contributed by atoms with E-state index in [4.69, 9.17) is 4.74 Å². The Kier molecular flexibility index (Phi) is 3.97. The number of hydrogen-bond donors (Lipinski definition) is 1. The molecule has 21 heavy (non-hydrogen) atoms. The minimum absolute atomic E-state index is 0.823. The van der Waals surface area contributed by atoms with Crippen LogP contribution in [-0.2, 0) is 25.9 Å². The van der Waals surface area contributed by atoms with Crippen LogP contribution in [0.1, 0.15) is 28.1 Å². The van der Waals surface area contributed by atoms with Crippen molar-refractivity contribution in [1.82, 2.24) is 15.1 Å². The smallest absolute Gasteiger partial charge is 0.122 e. The van der Waals surface area contributed by atoms with Gasteiger partial charge in [0.25, 0.3) is 0 Å². The average Bonchev–Trinajstić information content (AvgIpc) is 3.04. The van der Waals surface area contributed by atoms with Gasteiger partial charge < -0.3 is 10.1 Å². The summed E-state index contributed by atoms with van der Waals surface area (Å²) in [4.78, 5) is 0. The molecule has 0 amide bonds. The molecule has 4 nitrogen and oxygen atoms in total. The monoisotopic (exact) mass is 285 g/mol. The zero-order chi connectivity index (χ0) is 14.8. The number of aromatic nitrogens is 2. The first kappa shape index (κ1) is 14.1. The number of aryl methyl sites for hydroxylation is 3. The number of hydrogen-bond acceptors (Lipinski definition) is 3. The van der Waals surface area contributed by atoms with Gasteiger partial charge in [-0.25, -0.2) is 0 Å². The van der Waals surface area contributed by atoms with Gasteiger partial charge >= 0.3 is 0 Å². The lowest BCUT2D eigenvalue weighted by Gasteiger charge is -2.07. The van der Waals surface area contributed by atoms with Crippen molar-refractivity contribution in [3.63, 3.8) is 0 Å². The highest BCUT2D eigenvalue weighted by molar-refractivity contribution is 5.39. The van der Waals surface area contributed by atoms with Crippen molar-refractivity contribution in [2.45, 2.75) is 39.8 Å². The molecule has 0 saturated carbocycles. The lowest BCUT2D eigenvalue weighted by Crippen LogP contribution is -2.09. The first-order chi connectivity index (χ1) is 10.2. The topological polar surface area (TPSA) is 39.1 Å². The van der Waals surface area contributed by atoms with Crippen LogP contribution in [0.25, 0.3) is 0 Å². The molecule has 1 aromatic heterocycles. The highest BCUT2D eigenvalue weighted by Gasteiger charge is 2.13. The molecular weight excluding hydrogens is 262 g/mol. The Hall–Kier alpha value is -1.81. The Labute approximate surface area is 126 Å². The first-order valence-electron chi connectivity index (χ1n) is 7.61. The van der Waals surface area contributed by atoms with Gasteiger partial charge in [-0.05, 0) is 44.5 Å². The fourth-order valence-electron chi connectivity index (χ4n) is 3.01. The summed E-state index contributed by atoms with van der Waals surface area (Å²) in [7, 11) is 1.98. The van der Waals surface area contributed by atoms with Crippen molar-refractivity contribution in [3.05, 3.63) is 46.3 Å². The molecule has 2 aromatic rings. The molecule has 1 aromatic carbocycles. The average molecular weight is 285 g/mol. The quantitative estimate of drug-likeness (QED) is 0.917. The second-order valence-corrected chi connectivity index (χ2v) is 5.69. The van der Waals surface area contributed by atoms with Crippen molar-refractivity contribution < 1.29 is 4.74 Å². The maximum Gasteiger partial charge on any atom is 0.122 e. The number of nitrogens with one attached hydrogen (secondary N) is 1. The molecule has 0 bridgehead atoms. The Morgan fingerprint density at radius 3 is 3.00 bits per heavy atom. The summed E-state index contributed by atoms with van der Waals surface area (Å²) >= 11 is 0. The summed E-state index contributed by atoms with van der Waals surface area (Å²) in [6.07, 6.45) is 2.05. The predicted molar refractivity (Wildman–Crippen MR) is 83.8 cm³/mol. The molecule has 0 saturated heterocycles. The van der Waals surface area contributed by atoms with Crippen LogP contribution in [0.2, 0.25) is 0 Å². The van der Waals surface area contributed by atoms with Gasteiger partial charge in [0.1, 0.15) is 5.75 Å². The molecule has 1 aliphatic rings. The molecule has 0 atom stereocenters. The van der Waals surface area contributed by atoms with E-state index in [0.717, 1.165) is 44.0 Å². The van der Waals surface area contributed by atoms with Gasteiger partial charge in [0, 0.05) is 30.8 Å². The third-order valence-electron chi connectivity index (χ3n) is 4.25. The largest absolute Gasteiger partial charge is 0.493 e. The van der Waals surface area contributed by atoms with Crippen molar-refractivity contribution in [2.75, 3.05) is 13.7 Å². The highest BCUT2D eigenvalue weighted by atomic mass is 16.5. The summed E-state index contributed by atoms with van der Waals surface area (Å²) in [6, 6.07) is 6.55. The Morgan fingerprint density at radius 2 is 2.19 bits per heavy atom. The summed E-state index contributed by atoms with van der Waals surface area (Å²) in [6.45, 7) is 6.87. The second kappa shape index (κ2) is 5.90. The van der Waals surface area contributed by atoms with Gasteiger partial charge in [-0.1, -0.05) is 12.1 Å². The second-order valence-electron chi connectivity index (χ2n) is 5.69. The van der Waals surface area contributed by atoms with Crippen molar-refractivity contribution in [2.24, 2.45) is 0 Å². The van der Waals surface area contributed by atoms with Gasteiger partial charge in [-0.3, -0.25) is 4.68 Å². The molecular formula is C17H23N3O. The number of ether oxygens (including phenoxy) is 1. The van der Waals surface area contributed by atoms with Crippen LogP contribution in [0.15, 0.2) is 18.2 Å². The van der Waals surface area contributed by atoms with E-state index in [9.17, 15) is 0 Å². The van der Waals surface area contributed by atoms with Gasteiger partial charge in [-0.15, -0.1) is 0 Å². The van der Waals surface area contributed by atoms with E-state index in [-0.39, 0.29) is 0 Å². The molecule has 1 N–H and O–H groups in total. The molecule has 0 fully saturated rings. The van der Waals surface area contributed by atoms with E-state index in [1.807, 2.05) is 7.05 Å². The fraction of sp³-hybridized carbons (Fsp3) is 0.471. The minimum atomic E-state index is 0.823. The van der Waals surface area contributed by atoms with Crippen LogP contribution in [0.3, 0.4) is 0 Å². The third kappa shape index (κ3) is 2.81. The SMILES string of the molecule is CNCc1c(C)nn(CCc2ccc3c(c2)CCO3)c1C. The van der Waals surface area contributed by atoms with E-state index >= 15 is 0 Å². The van der Waals surface area contributed by atoms with E-state index in [0.29, 0.717) is 0 Å². The highest BCUT2D eigenvalue weighted by Crippen LogP contribution is 2.26. The van der Waals surface area contributed by atoms with Gasteiger partial charge in [0.05, 0.1) is 12.3 Å². The number of benzene rings is 1. The molecule has 0 radical (unpaired) electrons. The van der Waals surface area contributed by atoms with E-state index in [1.54, 1.807) is 0 Å². The Bertz CT molecular complexity index is 646. The molecule has 4 heteroatoms. The zero-order valence-electron chi connectivity index (χ0n) is 13.1. The van der Waals surface area contributed by atoms with Gasteiger partial charge in [0.15, 0.2) is 0 Å². The number of fused-ring (bicyclic) bond motifs is 1. The Morgan fingerprint density at radius 1 is 1.33 bits per heavy atom. The van der Waals surface area contributed by atoms with E-state index in [1.165, 1.54) is 22.4 Å². The molecule has 0 spiro atoms. The summed E-state index contributed by atoms with van der Waals surface area (Å²) in [5, 5.41) is 7.88. The maximum atomic E-state index is 5.56. The van der Waals surface area contributed by atoms with Gasteiger partial charge in [-0.2, -0.15) is 5.10 Å².